The lowest BCUT2D eigenvalue weighted by atomic mass is 10.0. The molecule has 0 aliphatic rings. The minimum absolute atomic E-state index is 0.0544. The molecule has 134 valence electrons. The maximum Gasteiger partial charge on any atom is 0.233 e. The number of hydrogen-bond acceptors (Lipinski definition) is 3. The molecule has 0 aliphatic carbocycles. The van der Waals surface area contributed by atoms with Crippen LogP contribution in [0.1, 0.15) is 34.7 Å². The highest BCUT2D eigenvalue weighted by Crippen LogP contribution is 2.33. The van der Waals surface area contributed by atoms with Crippen molar-refractivity contribution in [2.24, 2.45) is 0 Å². The van der Waals surface area contributed by atoms with Crippen LogP contribution in [0.2, 0.25) is 0 Å². The second kappa shape index (κ2) is 8.43. The van der Waals surface area contributed by atoms with Gasteiger partial charge in [0.25, 0.3) is 0 Å². The Kier molecular flexibility index (Phi) is 6.54. The minimum atomic E-state index is -0.142. The van der Waals surface area contributed by atoms with E-state index in [0.717, 1.165) is 11.3 Å². The third-order valence-corrected chi connectivity index (χ3v) is 6.00. The van der Waals surface area contributed by atoms with E-state index in [0.29, 0.717) is 6.54 Å². The Bertz CT molecular complexity index is 727. The van der Waals surface area contributed by atoms with Crippen molar-refractivity contribution in [2.45, 2.75) is 51.3 Å². The highest BCUT2D eigenvalue weighted by Gasteiger charge is 2.18. The number of rotatable bonds is 6. The molecule has 25 heavy (non-hydrogen) atoms. The van der Waals surface area contributed by atoms with E-state index in [4.69, 9.17) is 4.74 Å². The fraction of sp³-hybridized carbons (Fsp3) is 0.381. The Morgan fingerprint density at radius 2 is 1.64 bits per heavy atom. The molecule has 0 fully saturated rings. The van der Waals surface area contributed by atoms with Gasteiger partial charge in [0.1, 0.15) is 5.75 Å². The summed E-state index contributed by atoms with van der Waals surface area (Å²) in [6.07, 6.45) is 0. The maximum absolute atomic E-state index is 12.5. The molecule has 0 saturated heterocycles. The van der Waals surface area contributed by atoms with Crippen LogP contribution in [0.25, 0.3) is 0 Å². The maximum atomic E-state index is 12.5. The summed E-state index contributed by atoms with van der Waals surface area (Å²) in [4.78, 5) is 13.7. The summed E-state index contributed by atoms with van der Waals surface area (Å²) in [6, 6.07) is 9.96. The first-order chi connectivity index (χ1) is 11.8. The van der Waals surface area contributed by atoms with Crippen LogP contribution in [0.3, 0.4) is 0 Å². The van der Waals surface area contributed by atoms with Gasteiger partial charge in [-0.1, -0.05) is 18.2 Å². The van der Waals surface area contributed by atoms with Gasteiger partial charge in [-0.05, 0) is 74.6 Å². The van der Waals surface area contributed by atoms with Crippen molar-refractivity contribution in [1.29, 1.82) is 0 Å². The number of thioether (sulfide) groups is 1. The third-order valence-electron chi connectivity index (χ3n) is 4.59. The molecular formula is C21H27NO2S. The summed E-state index contributed by atoms with van der Waals surface area (Å²) >= 11 is 1.64. The second-order valence-electron chi connectivity index (χ2n) is 6.42. The van der Waals surface area contributed by atoms with Gasteiger partial charge in [0.05, 0.1) is 12.4 Å². The van der Waals surface area contributed by atoms with Gasteiger partial charge in [-0.2, -0.15) is 0 Å². The molecule has 1 N–H and O–H groups in total. The van der Waals surface area contributed by atoms with Crippen molar-refractivity contribution in [3.05, 3.63) is 58.1 Å². The van der Waals surface area contributed by atoms with E-state index in [-0.39, 0.29) is 11.2 Å². The van der Waals surface area contributed by atoms with Crippen LogP contribution in [0, 0.1) is 27.7 Å². The van der Waals surface area contributed by atoms with Crippen molar-refractivity contribution in [1.82, 2.24) is 5.32 Å². The lowest BCUT2D eigenvalue weighted by Crippen LogP contribution is -2.30. The molecule has 2 rings (SSSR count). The van der Waals surface area contributed by atoms with E-state index >= 15 is 0 Å². The lowest BCUT2D eigenvalue weighted by molar-refractivity contribution is -0.120. The van der Waals surface area contributed by atoms with E-state index in [1.807, 2.05) is 31.2 Å². The van der Waals surface area contributed by atoms with Gasteiger partial charge < -0.3 is 10.1 Å². The van der Waals surface area contributed by atoms with Crippen LogP contribution >= 0.6 is 11.8 Å². The summed E-state index contributed by atoms with van der Waals surface area (Å²) in [5.74, 6) is 0.874. The van der Waals surface area contributed by atoms with Crippen molar-refractivity contribution < 1.29 is 9.53 Å². The van der Waals surface area contributed by atoms with Gasteiger partial charge in [0.15, 0.2) is 0 Å². The van der Waals surface area contributed by atoms with Crippen LogP contribution < -0.4 is 10.1 Å². The van der Waals surface area contributed by atoms with Gasteiger partial charge in [-0.3, -0.25) is 4.79 Å². The highest BCUT2D eigenvalue weighted by atomic mass is 32.2. The molecule has 3 nitrogen and oxygen atoms in total. The van der Waals surface area contributed by atoms with E-state index < -0.39 is 0 Å². The first kappa shape index (κ1) is 19.4. The molecule has 1 amide bonds. The average molecular weight is 358 g/mol. The normalized spacial score (nSPS) is 11.9. The van der Waals surface area contributed by atoms with Gasteiger partial charge >= 0.3 is 0 Å². The van der Waals surface area contributed by atoms with E-state index in [1.165, 1.54) is 27.1 Å². The monoisotopic (exact) mass is 357 g/mol. The van der Waals surface area contributed by atoms with Crippen molar-refractivity contribution in [2.75, 3.05) is 7.11 Å². The Hall–Kier alpha value is -1.94. The van der Waals surface area contributed by atoms with Crippen molar-refractivity contribution in [3.63, 3.8) is 0 Å². The zero-order chi connectivity index (χ0) is 18.6. The fourth-order valence-corrected chi connectivity index (χ4v) is 3.88. The van der Waals surface area contributed by atoms with E-state index in [2.05, 4.69) is 39.1 Å². The number of methoxy groups -OCH3 is 1. The van der Waals surface area contributed by atoms with Crippen LogP contribution in [0.4, 0.5) is 0 Å². The molecule has 2 aromatic carbocycles. The van der Waals surface area contributed by atoms with Gasteiger partial charge in [-0.25, -0.2) is 0 Å². The Labute approximate surface area is 155 Å². The van der Waals surface area contributed by atoms with E-state index in [1.54, 1.807) is 18.9 Å². The Balaban J connectivity index is 2.01. The molecule has 0 aliphatic heterocycles. The summed E-state index contributed by atoms with van der Waals surface area (Å²) in [7, 11) is 1.65. The van der Waals surface area contributed by atoms with E-state index in [9.17, 15) is 4.79 Å². The first-order valence-electron chi connectivity index (χ1n) is 8.48. The molecule has 0 spiro atoms. The summed E-state index contributed by atoms with van der Waals surface area (Å²) in [5, 5.41) is 2.88. The van der Waals surface area contributed by atoms with Crippen LogP contribution in [-0.4, -0.2) is 18.3 Å². The molecule has 0 bridgehead atoms. The number of benzene rings is 2. The zero-order valence-electron chi connectivity index (χ0n) is 15.9. The fourth-order valence-electron chi connectivity index (χ4n) is 2.66. The lowest BCUT2D eigenvalue weighted by Gasteiger charge is -2.18. The molecule has 0 saturated carbocycles. The molecule has 0 aromatic heterocycles. The molecule has 2 aromatic rings. The Morgan fingerprint density at radius 1 is 1.08 bits per heavy atom. The molecule has 4 heteroatoms. The number of ether oxygens (including phenoxy) is 1. The standard InChI is InChI=1S/C21H27NO2S/c1-13-11-14(2)16(4)20(15(13)3)25-17(5)21(23)22-12-18-7-9-19(24-6)10-8-18/h7-11,17H,12H2,1-6H3,(H,22,23)/t17-/m0/s1. The molecule has 1 atom stereocenters. The highest BCUT2D eigenvalue weighted by molar-refractivity contribution is 8.00. The van der Waals surface area contributed by atoms with Crippen LogP contribution in [0.15, 0.2) is 35.2 Å². The Morgan fingerprint density at radius 3 is 2.16 bits per heavy atom. The number of amides is 1. The number of carbonyl (C=O) groups is 1. The van der Waals surface area contributed by atoms with Gasteiger partial charge in [0, 0.05) is 11.4 Å². The van der Waals surface area contributed by atoms with Crippen LogP contribution in [0.5, 0.6) is 5.75 Å². The first-order valence-corrected chi connectivity index (χ1v) is 9.36. The second-order valence-corrected chi connectivity index (χ2v) is 7.77. The summed E-state index contributed by atoms with van der Waals surface area (Å²) in [5.41, 5.74) is 6.14. The summed E-state index contributed by atoms with van der Waals surface area (Å²) in [6.45, 7) is 11.0. The number of carbonyl (C=O) groups excluding carboxylic acids is 1. The SMILES string of the molecule is COc1ccc(CNC(=O)[C@H](C)Sc2c(C)c(C)cc(C)c2C)cc1. The van der Waals surface area contributed by atoms with Gasteiger partial charge in [-0.15, -0.1) is 11.8 Å². The number of hydrogen-bond donors (Lipinski definition) is 1. The molecule has 0 radical (unpaired) electrons. The molecule has 0 heterocycles. The largest absolute Gasteiger partial charge is 0.497 e. The zero-order valence-corrected chi connectivity index (χ0v) is 16.7. The predicted octanol–water partition coefficient (Wildman–Crippen LogP) is 4.73. The number of nitrogens with one attached hydrogen (secondary N) is 1. The van der Waals surface area contributed by atoms with Gasteiger partial charge in [0.2, 0.25) is 5.91 Å². The third kappa shape index (κ3) is 4.79. The smallest absolute Gasteiger partial charge is 0.233 e. The molecule has 0 unspecified atom stereocenters. The summed E-state index contributed by atoms with van der Waals surface area (Å²) < 4.78 is 5.15. The quantitative estimate of drug-likeness (QED) is 0.760. The predicted molar refractivity (Wildman–Crippen MR) is 106 cm³/mol. The van der Waals surface area contributed by atoms with Crippen molar-refractivity contribution in [3.8, 4) is 5.75 Å². The van der Waals surface area contributed by atoms with Crippen LogP contribution in [-0.2, 0) is 11.3 Å². The minimum Gasteiger partial charge on any atom is -0.497 e. The van der Waals surface area contributed by atoms with Crippen molar-refractivity contribution >= 4 is 17.7 Å². The topological polar surface area (TPSA) is 38.3 Å². The average Bonchev–Trinajstić information content (AvgIpc) is 2.61. The molecular weight excluding hydrogens is 330 g/mol. The number of aryl methyl sites for hydroxylation is 2.